The van der Waals surface area contributed by atoms with E-state index in [0.717, 1.165) is 5.92 Å². The van der Waals surface area contributed by atoms with E-state index >= 15 is 0 Å². The van der Waals surface area contributed by atoms with Crippen LogP contribution < -0.4 is 0 Å². The number of alkyl halides is 6. The van der Waals surface area contributed by atoms with E-state index in [1.165, 1.54) is 32.1 Å². The molecule has 0 saturated heterocycles. The van der Waals surface area contributed by atoms with Crippen LogP contribution in [0.4, 0.5) is 26.3 Å². The standard InChI is InChI=1S/C7H14.C5H6F6/c1-7-5-3-2-4-6-7;1-3(2,4(6,7)8)5(9,10)11/h7H,2-6H2,1H3;1-2H3. The van der Waals surface area contributed by atoms with Crippen LogP contribution in [0.5, 0.6) is 0 Å². The third kappa shape index (κ3) is 5.06. The predicted molar refractivity (Wildman–Crippen MR) is 58.1 cm³/mol. The lowest BCUT2D eigenvalue weighted by Gasteiger charge is -2.29. The molecule has 0 aromatic heterocycles. The van der Waals surface area contributed by atoms with E-state index in [1.807, 2.05) is 0 Å². The van der Waals surface area contributed by atoms with Gasteiger partial charge in [0.2, 0.25) is 0 Å². The first-order valence-corrected chi connectivity index (χ1v) is 6.03. The van der Waals surface area contributed by atoms with Crippen molar-refractivity contribution in [1.82, 2.24) is 0 Å². The van der Waals surface area contributed by atoms with Crippen molar-refractivity contribution >= 4 is 0 Å². The molecule has 0 nitrogen and oxygen atoms in total. The lowest BCUT2D eigenvalue weighted by atomic mass is 9.91. The Morgan fingerprint density at radius 3 is 1.17 bits per heavy atom. The molecular formula is C12H20F6. The summed E-state index contributed by atoms with van der Waals surface area (Å²) < 4.78 is 69.7. The topological polar surface area (TPSA) is 0 Å². The Hall–Kier alpha value is -0.420. The maximum Gasteiger partial charge on any atom is 0.402 e. The van der Waals surface area contributed by atoms with Crippen LogP contribution in [0.1, 0.15) is 52.9 Å². The van der Waals surface area contributed by atoms with E-state index in [4.69, 9.17) is 0 Å². The number of hydrogen-bond acceptors (Lipinski definition) is 0. The molecule has 0 atom stereocenters. The first kappa shape index (κ1) is 17.6. The van der Waals surface area contributed by atoms with E-state index in [-0.39, 0.29) is 13.8 Å². The SMILES string of the molecule is CC(C)(C(F)(F)F)C(F)(F)F.CC1CCCCC1. The minimum Gasteiger partial charge on any atom is -0.170 e. The van der Waals surface area contributed by atoms with Gasteiger partial charge in [-0.15, -0.1) is 0 Å². The maximum absolute atomic E-state index is 11.6. The second-order valence-electron chi connectivity index (χ2n) is 5.36. The van der Waals surface area contributed by atoms with Gasteiger partial charge >= 0.3 is 12.4 Å². The molecule has 0 aromatic carbocycles. The molecule has 1 saturated carbocycles. The largest absolute Gasteiger partial charge is 0.402 e. The molecule has 0 aromatic rings. The smallest absolute Gasteiger partial charge is 0.170 e. The van der Waals surface area contributed by atoms with Crippen molar-refractivity contribution in [3.63, 3.8) is 0 Å². The average molecular weight is 278 g/mol. The molecule has 110 valence electrons. The van der Waals surface area contributed by atoms with Crippen molar-refractivity contribution in [2.75, 3.05) is 0 Å². The number of hydrogen-bond donors (Lipinski definition) is 0. The molecule has 1 aliphatic carbocycles. The van der Waals surface area contributed by atoms with Gasteiger partial charge in [0, 0.05) is 0 Å². The number of halogens is 6. The van der Waals surface area contributed by atoms with Crippen molar-refractivity contribution in [1.29, 1.82) is 0 Å². The quantitative estimate of drug-likeness (QED) is 0.497. The third-order valence-corrected chi connectivity index (χ3v) is 3.31. The van der Waals surface area contributed by atoms with Crippen LogP contribution in [0, 0.1) is 11.3 Å². The molecule has 1 aliphatic rings. The molecule has 0 radical (unpaired) electrons. The Labute approximate surface area is 104 Å². The molecule has 1 rings (SSSR count). The summed E-state index contributed by atoms with van der Waals surface area (Å²) in [6, 6.07) is 0. The van der Waals surface area contributed by atoms with Gasteiger partial charge in [-0.2, -0.15) is 26.3 Å². The van der Waals surface area contributed by atoms with Crippen LogP contribution >= 0.6 is 0 Å². The highest BCUT2D eigenvalue weighted by atomic mass is 19.4. The highest BCUT2D eigenvalue weighted by Gasteiger charge is 2.64. The number of rotatable bonds is 0. The Morgan fingerprint density at radius 2 is 1.06 bits per heavy atom. The van der Waals surface area contributed by atoms with Crippen molar-refractivity contribution in [3.8, 4) is 0 Å². The summed E-state index contributed by atoms with van der Waals surface area (Å²) in [5, 5.41) is 0. The lowest BCUT2D eigenvalue weighted by molar-refractivity contribution is -0.327. The molecule has 1 fully saturated rings. The Bertz CT molecular complexity index is 216. The van der Waals surface area contributed by atoms with E-state index in [9.17, 15) is 26.3 Å². The van der Waals surface area contributed by atoms with E-state index in [1.54, 1.807) is 0 Å². The van der Waals surface area contributed by atoms with Crippen molar-refractivity contribution in [3.05, 3.63) is 0 Å². The molecule has 0 spiro atoms. The molecule has 18 heavy (non-hydrogen) atoms. The zero-order valence-electron chi connectivity index (χ0n) is 10.9. The first-order chi connectivity index (χ1) is 7.89. The van der Waals surface area contributed by atoms with Gasteiger partial charge < -0.3 is 0 Å². The minimum absolute atomic E-state index is 0.104. The third-order valence-electron chi connectivity index (χ3n) is 3.31. The molecule has 0 unspecified atom stereocenters. The van der Waals surface area contributed by atoms with E-state index < -0.39 is 17.8 Å². The van der Waals surface area contributed by atoms with Crippen molar-refractivity contribution in [2.45, 2.75) is 65.2 Å². The maximum atomic E-state index is 11.6. The van der Waals surface area contributed by atoms with Crippen molar-refractivity contribution in [2.24, 2.45) is 11.3 Å². The Kier molecular flexibility index (Phi) is 6.01. The zero-order valence-corrected chi connectivity index (χ0v) is 10.9. The van der Waals surface area contributed by atoms with Crippen LogP contribution in [0.25, 0.3) is 0 Å². The second kappa shape index (κ2) is 6.15. The molecule has 0 heterocycles. The summed E-state index contributed by atoms with van der Waals surface area (Å²) >= 11 is 0. The van der Waals surface area contributed by atoms with Crippen LogP contribution in [-0.2, 0) is 0 Å². The van der Waals surface area contributed by atoms with Gasteiger partial charge in [-0.3, -0.25) is 0 Å². The van der Waals surface area contributed by atoms with Gasteiger partial charge in [0.1, 0.15) is 0 Å². The monoisotopic (exact) mass is 278 g/mol. The fraction of sp³-hybridized carbons (Fsp3) is 1.00. The molecule has 0 bridgehead atoms. The van der Waals surface area contributed by atoms with E-state index in [0.29, 0.717) is 0 Å². The zero-order chi connectivity index (χ0) is 14.6. The average Bonchev–Trinajstić information content (AvgIpc) is 2.16. The summed E-state index contributed by atoms with van der Waals surface area (Å²) in [5.74, 6) is 1.04. The highest BCUT2D eigenvalue weighted by Crippen LogP contribution is 2.49. The second-order valence-corrected chi connectivity index (χ2v) is 5.36. The van der Waals surface area contributed by atoms with E-state index in [2.05, 4.69) is 6.92 Å². The molecule has 0 aliphatic heterocycles. The summed E-state index contributed by atoms with van der Waals surface area (Å²) in [4.78, 5) is 0. The van der Waals surface area contributed by atoms with Crippen LogP contribution in [0.15, 0.2) is 0 Å². The first-order valence-electron chi connectivity index (χ1n) is 6.03. The fourth-order valence-electron chi connectivity index (χ4n) is 1.47. The predicted octanol–water partition coefficient (Wildman–Crippen LogP) is 5.72. The molecule has 0 amide bonds. The minimum atomic E-state index is -5.24. The Morgan fingerprint density at radius 1 is 0.722 bits per heavy atom. The fourth-order valence-corrected chi connectivity index (χ4v) is 1.47. The molecule has 6 heteroatoms. The van der Waals surface area contributed by atoms with Gasteiger partial charge in [-0.25, -0.2) is 0 Å². The van der Waals surface area contributed by atoms with Gasteiger partial charge in [0.15, 0.2) is 5.41 Å². The normalized spacial score (nSPS) is 19.2. The van der Waals surface area contributed by atoms with Crippen molar-refractivity contribution < 1.29 is 26.3 Å². The van der Waals surface area contributed by atoms with Gasteiger partial charge in [-0.05, 0) is 19.8 Å². The van der Waals surface area contributed by atoms with Crippen LogP contribution in [0.2, 0.25) is 0 Å². The van der Waals surface area contributed by atoms with Gasteiger partial charge in [0.05, 0.1) is 0 Å². The summed E-state index contributed by atoms with van der Waals surface area (Å²) in [6.07, 6.45) is -3.05. The van der Waals surface area contributed by atoms with Crippen LogP contribution in [-0.4, -0.2) is 12.4 Å². The van der Waals surface area contributed by atoms with Gasteiger partial charge in [0.25, 0.3) is 0 Å². The van der Waals surface area contributed by atoms with Gasteiger partial charge in [-0.1, -0.05) is 39.0 Å². The Balaban J connectivity index is 0.000000351. The lowest BCUT2D eigenvalue weighted by Crippen LogP contribution is -2.44. The van der Waals surface area contributed by atoms with Crippen LogP contribution in [0.3, 0.4) is 0 Å². The summed E-state index contributed by atoms with van der Waals surface area (Å²) in [5.41, 5.74) is -3.62. The molecule has 0 N–H and O–H groups in total. The summed E-state index contributed by atoms with van der Waals surface area (Å²) in [7, 11) is 0. The highest BCUT2D eigenvalue weighted by molar-refractivity contribution is 4.84. The summed E-state index contributed by atoms with van der Waals surface area (Å²) in [6.45, 7) is 2.57. The molecular weight excluding hydrogens is 258 g/mol.